The van der Waals surface area contributed by atoms with Gasteiger partial charge in [0.1, 0.15) is 5.69 Å². The number of nitrogens with two attached hydrogens (primary N) is 1. The molecule has 0 bridgehead atoms. The molecule has 0 saturated heterocycles. The Balaban J connectivity index is 2.52. The first-order valence-electron chi connectivity index (χ1n) is 6.78. The summed E-state index contributed by atoms with van der Waals surface area (Å²) in [5, 5.41) is 4.37. The number of nitrogens with zero attached hydrogens (tertiary/aromatic N) is 4. The minimum absolute atomic E-state index is 0.631. The topological polar surface area (TPSA) is 69.6 Å². The molecule has 0 aliphatic heterocycles. The van der Waals surface area contributed by atoms with E-state index in [1.165, 1.54) is 5.56 Å². The third-order valence-corrected chi connectivity index (χ3v) is 3.19. The van der Waals surface area contributed by atoms with Crippen molar-refractivity contribution in [3.05, 3.63) is 29.2 Å². The maximum atomic E-state index is 5.69. The van der Waals surface area contributed by atoms with Crippen molar-refractivity contribution < 1.29 is 0 Å². The lowest BCUT2D eigenvalue weighted by molar-refractivity contribution is 0.765. The van der Waals surface area contributed by atoms with Gasteiger partial charge in [-0.1, -0.05) is 13.8 Å². The summed E-state index contributed by atoms with van der Waals surface area (Å²) < 4.78 is 1.77. The molecule has 0 aliphatic rings. The minimum Gasteiger partial charge on any atom is -0.330 e. The number of aryl methyl sites for hydroxylation is 3. The Bertz CT molecular complexity index is 534. The van der Waals surface area contributed by atoms with Crippen LogP contribution in [0.15, 0.2) is 12.3 Å². The number of hydrogen-bond acceptors (Lipinski definition) is 4. The molecule has 0 atom stereocenters. The van der Waals surface area contributed by atoms with Crippen molar-refractivity contribution in [1.82, 2.24) is 19.7 Å². The Kier molecular flexibility index (Phi) is 4.27. The van der Waals surface area contributed by atoms with Gasteiger partial charge in [0.15, 0.2) is 5.82 Å². The zero-order chi connectivity index (χ0) is 13.8. The molecule has 0 saturated carbocycles. The molecule has 5 heteroatoms. The quantitative estimate of drug-likeness (QED) is 0.883. The summed E-state index contributed by atoms with van der Waals surface area (Å²) in [4.78, 5) is 9.32. The van der Waals surface area contributed by atoms with E-state index in [2.05, 4.69) is 28.9 Å². The van der Waals surface area contributed by atoms with Gasteiger partial charge < -0.3 is 5.73 Å². The first kappa shape index (κ1) is 13.7. The van der Waals surface area contributed by atoms with Crippen molar-refractivity contribution in [2.75, 3.05) is 6.54 Å². The smallest absolute Gasteiger partial charge is 0.180 e. The van der Waals surface area contributed by atoms with Gasteiger partial charge in [-0.15, -0.1) is 0 Å². The molecule has 2 N–H and O–H groups in total. The average molecular weight is 259 g/mol. The van der Waals surface area contributed by atoms with Crippen LogP contribution in [-0.4, -0.2) is 26.3 Å². The van der Waals surface area contributed by atoms with Gasteiger partial charge in [0, 0.05) is 24.6 Å². The molecule has 19 heavy (non-hydrogen) atoms. The summed E-state index contributed by atoms with van der Waals surface area (Å²) in [6.45, 7) is 4.86. The molecular weight excluding hydrogens is 238 g/mol. The van der Waals surface area contributed by atoms with E-state index < -0.39 is 0 Å². The lowest BCUT2D eigenvalue weighted by Gasteiger charge is -2.12. The molecule has 5 nitrogen and oxygen atoms in total. The fraction of sp³-hybridized carbons (Fsp3) is 0.500. The second kappa shape index (κ2) is 5.93. The zero-order valence-electron chi connectivity index (χ0n) is 11.8. The van der Waals surface area contributed by atoms with Crippen LogP contribution in [0.25, 0.3) is 11.5 Å². The highest BCUT2D eigenvalue weighted by Gasteiger charge is 2.14. The lowest BCUT2D eigenvalue weighted by Crippen LogP contribution is -2.12. The van der Waals surface area contributed by atoms with Gasteiger partial charge >= 0.3 is 0 Å². The first-order valence-corrected chi connectivity index (χ1v) is 6.78. The second-order valence-corrected chi connectivity index (χ2v) is 4.54. The van der Waals surface area contributed by atoms with Crippen LogP contribution in [0.5, 0.6) is 0 Å². The van der Waals surface area contributed by atoms with Crippen molar-refractivity contribution >= 4 is 0 Å². The van der Waals surface area contributed by atoms with Gasteiger partial charge in [0.2, 0.25) is 0 Å². The molecule has 0 amide bonds. The summed E-state index contributed by atoms with van der Waals surface area (Å²) >= 11 is 0. The standard InChI is InChI=1S/C14H21N5/c1-4-11-10(6-8-15)12(5-2)17-14(16-11)13-7-9-19(3)18-13/h7,9H,4-6,8,15H2,1-3H3. The molecular formula is C14H21N5. The highest BCUT2D eigenvalue weighted by molar-refractivity contribution is 5.50. The van der Waals surface area contributed by atoms with Crippen LogP contribution < -0.4 is 5.73 Å². The first-order chi connectivity index (χ1) is 9.19. The zero-order valence-corrected chi connectivity index (χ0v) is 11.8. The second-order valence-electron chi connectivity index (χ2n) is 4.54. The fourth-order valence-corrected chi connectivity index (χ4v) is 2.25. The predicted molar refractivity (Wildman–Crippen MR) is 75.7 cm³/mol. The lowest BCUT2D eigenvalue weighted by atomic mass is 10.0. The van der Waals surface area contributed by atoms with Gasteiger partial charge in [0.25, 0.3) is 0 Å². The SMILES string of the molecule is CCc1nc(-c2ccn(C)n2)nc(CC)c1CCN. The molecule has 0 fully saturated rings. The molecule has 0 radical (unpaired) electrons. The van der Waals surface area contributed by atoms with E-state index in [1.54, 1.807) is 4.68 Å². The third kappa shape index (κ3) is 2.81. The van der Waals surface area contributed by atoms with Crippen molar-refractivity contribution in [2.45, 2.75) is 33.1 Å². The van der Waals surface area contributed by atoms with E-state index in [1.807, 2.05) is 19.3 Å². The highest BCUT2D eigenvalue weighted by atomic mass is 15.3. The monoisotopic (exact) mass is 259 g/mol. The van der Waals surface area contributed by atoms with Gasteiger partial charge in [-0.25, -0.2) is 9.97 Å². The summed E-state index contributed by atoms with van der Waals surface area (Å²) in [6, 6.07) is 1.94. The summed E-state index contributed by atoms with van der Waals surface area (Å²) in [6.07, 6.45) is 4.54. The Labute approximate surface area is 113 Å². The van der Waals surface area contributed by atoms with Crippen molar-refractivity contribution in [3.8, 4) is 11.5 Å². The van der Waals surface area contributed by atoms with Crippen LogP contribution in [-0.2, 0) is 26.3 Å². The normalized spacial score (nSPS) is 10.9. The van der Waals surface area contributed by atoms with E-state index in [-0.39, 0.29) is 0 Å². The van der Waals surface area contributed by atoms with E-state index in [0.29, 0.717) is 6.54 Å². The van der Waals surface area contributed by atoms with Crippen LogP contribution in [0, 0.1) is 0 Å². The Morgan fingerprint density at radius 1 is 1.16 bits per heavy atom. The van der Waals surface area contributed by atoms with E-state index in [4.69, 9.17) is 5.73 Å². The van der Waals surface area contributed by atoms with Gasteiger partial charge in [0.05, 0.1) is 0 Å². The van der Waals surface area contributed by atoms with Crippen LogP contribution in [0.2, 0.25) is 0 Å². The molecule has 2 heterocycles. The molecule has 2 aromatic rings. The van der Waals surface area contributed by atoms with Crippen molar-refractivity contribution in [3.63, 3.8) is 0 Å². The van der Waals surface area contributed by atoms with Crippen LogP contribution >= 0.6 is 0 Å². The summed E-state index contributed by atoms with van der Waals surface area (Å²) in [7, 11) is 1.90. The maximum absolute atomic E-state index is 5.69. The Hall–Kier alpha value is -1.75. The van der Waals surface area contributed by atoms with Crippen LogP contribution in [0.3, 0.4) is 0 Å². The predicted octanol–water partition coefficient (Wildman–Crippen LogP) is 1.50. The Morgan fingerprint density at radius 2 is 1.79 bits per heavy atom. The number of rotatable bonds is 5. The largest absolute Gasteiger partial charge is 0.330 e. The third-order valence-electron chi connectivity index (χ3n) is 3.19. The van der Waals surface area contributed by atoms with Crippen molar-refractivity contribution in [1.29, 1.82) is 0 Å². The number of aromatic nitrogens is 4. The molecule has 0 spiro atoms. The highest BCUT2D eigenvalue weighted by Crippen LogP contribution is 2.19. The van der Waals surface area contributed by atoms with Gasteiger partial charge in [-0.2, -0.15) is 5.10 Å². The molecule has 2 rings (SSSR count). The minimum atomic E-state index is 0.631. The van der Waals surface area contributed by atoms with Crippen LogP contribution in [0.1, 0.15) is 30.8 Å². The fourth-order valence-electron chi connectivity index (χ4n) is 2.25. The molecule has 0 unspecified atom stereocenters. The maximum Gasteiger partial charge on any atom is 0.180 e. The van der Waals surface area contributed by atoms with E-state index in [0.717, 1.165) is 42.2 Å². The summed E-state index contributed by atoms with van der Waals surface area (Å²) in [5.74, 6) is 0.718. The molecule has 0 aliphatic carbocycles. The van der Waals surface area contributed by atoms with E-state index in [9.17, 15) is 0 Å². The molecule has 2 aromatic heterocycles. The Morgan fingerprint density at radius 3 is 2.21 bits per heavy atom. The van der Waals surface area contributed by atoms with Gasteiger partial charge in [-0.3, -0.25) is 4.68 Å². The van der Waals surface area contributed by atoms with Crippen molar-refractivity contribution in [2.24, 2.45) is 12.8 Å². The molecule has 102 valence electrons. The number of hydrogen-bond donors (Lipinski definition) is 1. The van der Waals surface area contributed by atoms with Crippen LogP contribution in [0.4, 0.5) is 0 Å². The van der Waals surface area contributed by atoms with Gasteiger partial charge in [-0.05, 0) is 37.4 Å². The molecule has 0 aromatic carbocycles. The van der Waals surface area contributed by atoms with E-state index >= 15 is 0 Å². The average Bonchev–Trinajstić information content (AvgIpc) is 2.85. The summed E-state index contributed by atoms with van der Waals surface area (Å²) in [5.41, 5.74) is 9.92.